The van der Waals surface area contributed by atoms with Crippen LogP contribution in [0.2, 0.25) is 0 Å². The number of carbonyl (C=O) groups is 1. The molecule has 1 amide bonds. The quantitative estimate of drug-likeness (QED) is 0.759. The standard InChI is InChI=1S/C22H21N3O3/c26-22(23-10-12-25-11-9-15-5-1-2-6-16(15)13-25)20-18-14-27-19-8-4-3-7-17(19)21(18)28-24-20/h1-8H,9-14H2,(H,23,26). The van der Waals surface area contributed by atoms with Crippen LogP contribution in [0, 0.1) is 0 Å². The molecule has 0 saturated carbocycles. The van der Waals surface area contributed by atoms with E-state index in [2.05, 4.69) is 39.6 Å². The minimum atomic E-state index is -0.217. The molecular formula is C22H21N3O3. The number of benzene rings is 2. The number of nitrogens with one attached hydrogen (secondary N) is 1. The van der Waals surface area contributed by atoms with Gasteiger partial charge in [-0.2, -0.15) is 0 Å². The number of carbonyl (C=O) groups excluding carboxylic acids is 1. The number of aromatic nitrogens is 1. The molecule has 2 aliphatic rings. The van der Waals surface area contributed by atoms with E-state index < -0.39 is 0 Å². The van der Waals surface area contributed by atoms with Crippen molar-refractivity contribution >= 4 is 5.91 Å². The fraction of sp³-hybridized carbons (Fsp3) is 0.273. The van der Waals surface area contributed by atoms with E-state index in [0.717, 1.165) is 37.4 Å². The number of nitrogens with zero attached hydrogens (tertiary/aromatic N) is 2. The topological polar surface area (TPSA) is 67.6 Å². The fourth-order valence-electron chi connectivity index (χ4n) is 3.92. The first-order valence-electron chi connectivity index (χ1n) is 9.57. The van der Waals surface area contributed by atoms with E-state index >= 15 is 0 Å². The van der Waals surface area contributed by atoms with Crippen molar-refractivity contribution in [1.29, 1.82) is 0 Å². The molecular weight excluding hydrogens is 354 g/mol. The lowest BCUT2D eigenvalue weighted by atomic mass is 10.00. The summed E-state index contributed by atoms with van der Waals surface area (Å²) in [6, 6.07) is 16.2. The van der Waals surface area contributed by atoms with Gasteiger partial charge >= 0.3 is 0 Å². The number of fused-ring (bicyclic) bond motifs is 4. The lowest BCUT2D eigenvalue weighted by Crippen LogP contribution is -2.38. The number of ether oxygens (including phenoxy) is 1. The van der Waals surface area contributed by atoms with E-state index in [-0.39, 0.29) is 5.91 Å². The van der Waals surface area contributed by atoms with Crippen molar-refractivity contribution in [1.82, 2.24) is 15.4 Å². The van der Waals surface area contributed by atoms with E-state index in [0.29, 0.717) is 30.2 Å². The van der Waals surface area contributed by atoms with E-state index in [1.165, 1.54) is 11.1 Å². The molecule has 0 unspecified atom stereocenters. The molecule has 3 heterocycles. The van der Waals surface area contributed by atoms with Gasteiger partial charge in [-0.05, 0) is 29.7 Å². The van der Waals surface area contributed by atoms with Gasteiger partial charge in [0.05, 0.1) is 11.1 Å². The van der Waals surface area contributed by atoms with E-state index in [1.54, 1.807) is 0 Å². The van der Waals surface area contributed by atoms with Gasteiger partial charge in [0.25, 0.3) is 5.91 Å². The van der Waals surface area contributed by atoms with Crippen molar-refractivity contribution in [2.45, 2.75) is 19.6 Å². The van der Waals surface area contributed by atoms with Crippen LogP contribution < -0.4 is 10.1 Å². The van der Waals surface area contributed by atoms with Crippen LogP contribution in [0.5, 0.6) is 5.75 Å². The van der Waals surface area contributed by atoms with Gasteiger partial charge in [0.15, 0.2) is 11.5 Å². The second-order valence-electron chi connectivity index (χ2n) is 7.17. The van der Waals surface area contributed by atoms with Crippen molar-refractivity contribution in [3.05, 3.63) is 70.9 Å². The van der Waals surface area contributed by atoms with Crippen LogP contribution in [0.4, 0.5) is 0 Å². The molecule has 2 aromatic carbocycles. The fourth-order valence-corrected chi connectivity index (χ4v) is 3.92. The van der Waals surface area contributed by atoms with Crippen LogP contribution in [-0.4, -0.2) is 35.6 Å². The Kier molecular flexibility index (Phi) is 4.33. The monoisotopic (exact) mass is 375 g/mol. The molecule has 28 heavy (non-hydrogen) atoms. The molecule has 6 nitrogen and oxygen atoms in total. The highest BCUT2D eigenvalue weighted by Crippen LogP contribution is 2.38. The van der Waals surface area contributed by atoms with Crippen molar-refractivity contribution in [2.24, 2.45) is 0 Å². The third-order valence-corrected chi connectivity index (χ3v) is 5.43. The van der Waals surface area contributed by atoms with Crippen molar-refractivity contribution in [3.8, 4) is 17.1 Å². The minimum absolute atomic E-state index is 0.217. The smallest absolute Gasteiger partial charge is 0.273 e. The lowest BCUT2D eigenvalue weighted by molar-refractivity contribution is 0.0936. The number of hydrogen-bond donors (Lipinski definition) is 1. The van der Waals surface area contributed by atoms with Crippen LogP contribution >= 0.6 is 0 Å². The predicted octanol–water partition coefficient (Wildman–Crippen LogP) is 3.02. The van der Waals surface area contributed by atoms with Gasteiger partial charge in [0, 0.05) is 26.2 Å². The summed E-state index contributed by atoms with van der Waals surface area (Å²) in [4.78, 5) is 15.0. The maximum absolute atomic E-state index is 12.6. The molecule has 142 valence electrons. The van der Waals surface area contributed by atoms with E-state index in [9.17, 15) is 4.79 Å². The zero-order chi connectivity index (χ0) is 18.9. The Morgan fingerprint density at radius 1 is 1.11 bits per heavy atom. The number of amides is 1. The Balaban J connectivity index is 1.22. The summed E-state index contributed by atoms with van der Waals surface area (Å²) in [5.41, 5.74) is 4.66. The lowest BCUT2D eigenvalue weighted by Gasteiger charge is -2.28. The second-order valence-corrected chi connectivity index (χ2v) is 7.17. The number of rotatable bonds is 4. The van der Waals surface area contributed by atoms with Gasteiger partial charge in [-0.1, -0.05) is 41.6 Å². The summed E-state index contributed by atoms with van der Waals surface area (Å²) in [7, 11) is 0. The predicted molar refractivity (Wildman–Crippen MR) is 104 cm³/mol. The van der Waals surface area contributed by atoms with Crippen LogP contribution in [-0.2, 0) is 19.6 Å². The van der Waals surface area contributed by atoms with Gasteiger partial charge in [-0.3, -0.25) is 9.69 Å². The van der Waals surface area contributed by atoms with Gasteiger partial charge in [-0.25, -0.2) is 0 Å². The molecule has 1 N–H and O–H groups in total. The first-order valence-corrected chi connectivity index (χ1v) is 9.57. The van der Waals surface area contributed by atoms with Crippen molar-refractivity contribution < 1.29 is 14.1 Å². The van der Waals surface area contributed by atoms with Gasteiger partial charge in [0.2, 0.25) is 0 Å². The highest BCUT2D eigenvalue weighted by Gasteiger charge is 2.28. The minimum Gasteiger partial charge on any atom is -0.488 e. The first kappa shape index (κ1) is 17.0. The third kappa shape index (κ3) is 3.05. The SMILES string of the molecule is O=C(NCCN1CCc2ccccc2C1)c1noc2c1COc1ccccc1-2. The Morgan fingerprint density at radius 2 is 1.93 bits per heavy atom. The highest BCUT2D eigenvalue weighted by atomic mass is 16.5. The Bertz CT molecular complexity index is 1030. The largest absolute Gasteiger partial charge is 0.488 e. The summed E-state index contributed by atoms with van der Waals surface area (Å²) >= 11 is 0. The molecule has 0 aliphatic carbocycles. The van der Waals surface area contributed by atoms with E-state index in [1.807, 2.05) is 24.3 Å². The molecule has 2 aliphatic heterocycles. The highest BCUT2D eigenvalue weighted by molar-refractivity contribution is 5.95. The molecule has 5 rings (SSSR count). The van der Waals surface area contributed by atoms with Crippen LogP contribution in [0.3, 0.4) is 0 Å². The second kappa shape index (κ2) is 7.13. The van der Waals surface area contributed by atoms with Gasteiger partial charge in [-0.15, -0.1) is 0 Å². The molecule has 3 aromatic rings. The van der Waals surface area contributed by atoms with Crippen LogP contribution in [0.1, 0.15) is 27.2 Å². The average Bonchev–Trinajstić information content (AvgIpc) is 3.18. The Morgan fingerprint density at radius 3 is 2.86 bits per heavy atom. The van der Waals surface area contributed by atoms with Gasteiger partial charge in [0.1, 0.15) is 12.4 Å². The molecule has 0 radical (unpaired) electrons. The maximum atomic E-state index is 12.6. The number of para-hydroxylation sites is 1. The van der Waals surface area contributed by atoms with Crippen LogP contribution in [0.15, 0.2) is 53.1 Å². The van der Waals surface area contributed by atoms with Crippen molar-refractivity contribution in [3.63, 3.8) is 0 Å². The molecule has 0 fully saturated rings. The normalized spacial score (nSPS) is 15.1. The Hall–Kier alpha value is -3.12. The molecule has 0 atom stereocenters. The molecule has 1 aromatic heterocycles. The Labute approximate surface area is 163 Å². The summed E-state index contributed by atoms with van der Waals surface area (Å²) in [6.07, 6.45) is 1.05. The average molecular weight is 375 g/mol. The summed E-state index contributed by atoms with van der Waals surface area (Å²) < 4.78 is 11.2. The number of hydrogen-bond acceptors (Lipinski definition) is 5. The summed E-state index contributed by atoms with van der Waals surface area (Å²) in [5, 5.41) is 6.98. The van der Waals surface area contributed by atoms with E-state index in [4.69, 9.17) is 9.26 Å². The molecule has 0 bridgehead atoms. The summed E-state index contributed by atoms with van der Waals surface area (Å²) in [5.74, 6) is 1.16. The van der Waals surface area contributed by atoms with Crippen molar-refractivity contribution in [2.75, 3.05) is 19.6 Å². The zero-order valence-electron chi connectivity index (χ0n) is 15.5. The molecule has 0 spiro atoms. The first-order chi connectivity index (χ1) is 13.8. The molecule has 6 heteroatoms. The van der Waals surface area contributed by atoms with Gasteiger partial charge < -0.3 is 14.6 Å². The maximum Gasteiger partial charge on any atom is 0.273 e. The zero-order valence-corrected chi connectivity index (χ0v) is 15.5. The molecule has 0 saturated heterocycles. The summed E-state index contributed by atoms with van der Waals surface area (Å²) in [6.45, 7) is 3.61. The van der Waals surface area contributed by atoms with Crippen LogP contribution in [0.25, 0.3) is 11.3 Å². The third-order valence-electron chi connectivity index (χ3n) is 5.43.